The topological polar surface area (TPSA) is 24.9 Å². The number of pyridine rings is 1. The fraction of sp³-hybridized carbons (Fsp3) is 0.357. The summed E-state index contributed by atoms with van der Waals surface area (Å²) in [6.07, 6.45) is 4.32. The van der Waals surface area contributed by atoms with Gasteiger partial charge in [0.05, 0.1) is 0 Å². The third-order valence-electron chi connectivity index (χ3n) is 3.40. The molecule has 2 heterocycles. The summed E-state index contributed by atoms with van der Waals surface area (Å²) in [5.74, 6) is 0.762. The van der Waals surface area contributed by atoms with E-state index in [1.165, 1.54) is 22.9 Å². The van der Waals surface area contributed by atoms with Crippen molar-refractivity contribution in [2.24, 2.45) is 5.92 Å². The molecule has 1 aromatic carbocycles. The van der Waals surface area contributed by atoms with Crippen molar-refractivity contribution in [1.82, 2.24) is 10.3 Å². The van der Waals surface area contributed by atoms with Gasteiger partial charge >= 0.3 is 0 Å². The Labute approximate surface area is 95.7 Å². The van der Waals surface area contributed by atoms with Crippen molar-refractivity contribution in [2.75, 3.05) is 13.1 Å². The minimum absolute atomic E-state index is 0.762. The van der Waals surface area contributed by atoms with Gasteiger partial charge in [0.1, 0.15) is 0 Å². The largest absolute Gasteiger partial charge is 0.316 e. The number of fused-ring (bicyclic) bond motifs is 1. The Balaban J connectivity index is 1.96. The van der Waals surface area contributed by atoms with Gasteiger partial charge in [-0.3, -0.25) is 4.98 Å². The van der Waals surface area contributed by atoms with Gasteiger partial charge in [0.15, 0.2) is 0 Å². The maximum absolute atomic E-state index is 4.54. The first-order valence-corrected chi connectivity index (χ1v) is 5.97. The Hall–Kier alpha value is -1.41. The molecule has 1 aliphatic rings. The third-order valence-corrected chi connectivity index (χ3v) is 3.40. The van der Waals surface area contributed by atoms with Crippen molar-refractivity contribution < 1.29 is 0 Å². The number of hydrogen-bond acceptors (Lipinski definition) is 2. The normalized spacial score (nSPS) is 20.4. The van der Waals surface area contributed by atoms with Crippen molar-refractivity contribution in [2.45, 2.75) is 12.8 Å². The number of aromatic nitrogens is 1. The average molecular weight is 212 g/mol. The second-order valence-corrected chi connectivity index (χ2v) is 4.54. The van der Waals surface area contributed by atoms with Crippen LogP contribution in [0.4, 0.5) is 0 Å². The number of nitrogens with one attached hydrogen (secondary N) is 1. The van der Waals surface area contributed by atoms with Crippen LogP contribution in [0.3, 0.4) is 0 Å². The molecule has 2 aromatic rings. The van der Waals surface area contributed by atoms with Crippen molar-refractivity contribution in [3.05, 3.63) is 42.2 Å². The molecule has 1 unspecified atom stereocenters. The second-order valence-electron chi connectivity index (χ2n) is 4.54. The van der Waals surface area contributed by atoms with E-state index in [2.05, 4.69) is 40.6 Å². The van der Waals surface area contributed by atoms with Crippen LogP contribution in [0.5, 0.6) is 0 Å². The van der Waals surface area contributed by atoms with E-state index in [4.69, 9.17) is 0 Å². The fourth-order valence-electron chi connectivity index (χ4n) is 2.51. The molecule has 0 bridgehead atoms. The molecule has 82 valence electrons. The van der Waals surface area contributed by atoms with Gasteiger partial charge in [0, 0.05) is 17.3 Å². The Bertz CT molecular complexity index is 482. The molecule has 1 N–H and O–H groups in total. The highest BCUT2D eigenvalue weighted by Crippen LogP contribution is 2.21. The second kappa shape index (κ2) is 4.22. The van der Waals surface area contributed by atoms with Gasteiger partial charge in [-0.1, -0.05) is 24.3 Å². The zero-order valence-electron chi connectivity index (χ0n) is 9.32. The van der Waals surface area contributed by atoms with E-state index in [0.717, 1.165) is 25.4 Å². The van der Waals surface area contributed by atoms with E-state index in [0.29, 0.717) is 0 Å². The molecule has 1 aliphatic heterocycles. The van der Waals surface area contributed by atoms with Gasteiger partial charge < -0.3 is 5.32 Å². The summed E-state index contributed by atoms with van der Waals surface area (Å²) in [5.41, 5.74) is 1.26. The number of nitrogens with zero attached hydrogens (tertiary/aromatic N) is 1. The zero-order valence-corrected chi connectivity index (χ0v) is 9.32. The molecule has 1 fully saturated rings. The molecule has 1 aromatic heterocycles. The standard InChI is InChI=1S/C14H16N2/c1-2-4-13-12(3-1)6-8-16-14(13)9-11-5-7-15-10-11/h1-4,6,8,11,15H,5,7,9-10H2. The van der Waals surface area contributed by atoms with E-state index in [1.807, 2.05) is 6.20 Å². The molecular weight excluding hydrogens is 196 g/mol. The molecule has 16 heavy (non-hydrogen) atoms. The summed E-state index contributed by atoms with van der Waals surface area (Å²) in [7, 11) is 0. The summed E-state index contributed by atoms with van der Waals surface area (Å²) >= 11 is 0. The molecule has 3 rings (SSSR count). The Morgan fingerprint density at radius 1 is 1.25 bits per heavy atom. The highest BCUT2D eigenvalue weighted by atomic mass is 14.9. The molecular formula is C14H16N2. The highest BCUT2D eigenvalue weighted by molar-refractivity contribution is 5.84. The van der Waals surface area contributed by atoms with Crippen LogP contribution in [0.2, 0.25) is 0 Å². The smallest absolute Gasteiger partial charge is 0.0485 e. The summed E-state index contributed by atoms with van der Waals surface area (Å²) in [5, 5.41) is 6.03. The average Bonchev–Trinajstić information content (AvgIpc) is 2.82. The molecule has 0 aliphatic carbocycles. The van der Waals surface area contributed by atoms with Crippen LogP contribution in [0, 0.1) is 5.92 Å². The summed E-state index contributed by atoms with van der Waals surface area (Å²) < 4.78 is 0. The van der Waals surface area contributed by atoms with Crippen LogP contribution < -0.4 is 5.32 Å². The maximum atomic E-state index is 4.54. The summed E-state index contributed by atoms with van der Waals surface area (Å²) in [6.45, 7) is 2.31. The van der Waals surface area contributed by atoms with Gasteiger partial charge in [-0.25, -0.2) is 0 Å². The van der Waals surface area contributed by atoms with E-state index in [1.54, 1.807) is 0 Å². The maximum Gasteiger partial charge on any atom is 0.0485 e. The predicted octanol–water partition coefficient (Wildman–Crippen LogP) is 2.39. The quantitative estimate of drug-likeness (QED) is 0.826. The Morgan fingerprint density at radius 3 is 3.06 bits per heavy atom. The summed E-state index contributed by atoms with van der Waals surface area (Å²) in [6, 6.07) is 10.6. The number of hydrogen-bond donors (Lipinski definition) is 1. The van der Waals surface area contributed by atoms with Crippen molar-refractivity contribution >= 4 is 10.8 Å². The number of benzene rings is 1. The first-order valence-electron chi connectivity index (χ1n) is 5.97. The molecule has 0 saturated carbocycles. The summed E-state index contributed by atoms with van der Waals surface area (Å²) in [4.78, 5) is 4.54. The molecule has 2 heteroatoms. The van der Waals surface area contributed by atoms with E-state index >= 15 is 0 Å². The third kappa shape index (κ3) is 1.81. The minimum Gasteiger partial charge on any atom is -0.316 e. The lowest BCUT2D eigenvalue weighted by Gasteiger charge is -2.09. The fourth-order valence-corrected chi connectivity index (χ4v) is 2.51. The molecule has 2 nitrogen and oxygen atoms in total. The minimum atomic E-state index is 0.762. The van der Waals surface area contributed by atoms with E-state index in [-0.39, 0.29) is 0 Å². The Morgan fingerprint density at radius 2 is 2.19 bits per heavy atom. The van der Waals surface area contributed by atoms with Crippen LogP contribution in [0.25, 0.3) is 10.8 Å². The highest BCUT2D eigenvalue weighted by Gasteiger charge is 2.16. The lowest BCUT2D eigenvalue weighted by Crippen LogP contribution is -2.11. The van der Waals surface area contributed by atoms with E-state index < -0.39 is 0 Å². The van der Waals surface area contributed by atoms with E-state index in [9.17, 15) is 0 Å². The lowest BCUT2D eigenvalue weighted by atomic mass is 9.99. The first kappa shape index (κ1) is 9.79. The lowest BCUT2D eigenvalue weighted by molar-refractivity contribution is 0.574. The van der Waals surface area contributed by atoms with Gasteiger partial charge in [0.2, 0.25) is 0 Å². The van der Waals surface area contributed by atoms with Crippen LogP contribution in [0.1, 0.15) is 12.1 Å². The van der Waals surface area contributed by atoms with Crippen LogP contribution in [-0.4, -0.2) is 18.1 Å². The first-order chi connectivity index (χ1) is 7.93. The van der Waals surface area contributed by atoms with Gasteiger partial charge in [-0.15, -0.1) is 0 Å². The number of rotatable bonds is 2. The van der Waals surface area contributed by atoms with Crippen LogP contribution in [-0.2, 0) is 6.42 Å². The van der Waals surface area contributed by atoms with Gasteiger partial charge in [-0.05, 0) is 43.3 Å². The molecule has 0 radical (unpaired) electrons. The van der Waals surface area contributed by atoms with Crippen LogP contribution in [0.15, 0.2) is 36.5 Å². The molecule has 0 spiro atoms. The molecule has 1 atom stereocenters. The van der Waals surface area contributed by atoms with Gasteiger partial charge in [0.25, 0.3) is 0 Å². The van der Waals surface area contributed by atoms with Crippen molar-refractivity contribution in [1.29, 1.82) is 0 Å². The Kier molecular flexibility index (Phi) is 2.58. The van der Waals surface area contributed by atoms with Crippen LogP contribution >= 0.6 is 0 Å². The SMILES string of the molecule is c1ccc2c(CC3CCNC3)nccc2c1. The predicted molar refractivity (Wildman–Crippen MR) is 66.4 cm³/mol. The molecule has 0 amide bonds. The van der Waals surface area contributed by atoms with Crippen molar-refractivity contribution in [3.8, 4) is 0 Å². The van der Waals surface area contributed by atoms with Gasteiger partial charge in [-0.2, -0.15) is 0 Å². The zero-order chi connectivity index (χ0) is 10.8. The van der Waals surface area contributed by atoms with Crippen molar-refractivity contribution in [3.63, 3.8) is 0 Å². The monoisotopic (exact) mass is 212 g/mol. The molecule has 1 saturated heterocycles.